The van der Waals surface area contributed by atoms with Gasteiger partial charge in [-0.05, 0) is 49.6 Å². The lowest BCUT2D eigenvalue weighted by Gasteiger charge is -2.18. The third kappa shape index (κ3) is 5.68. The SMILES string of the molecule is CCN(CC)C(=O)c1ccc(NC(=O)CSCc2nc(-c3cccs3)no2)cc1. The van der Waals surface area contributed by atoms with Crippen LogP contribution in [0.3, 0.4) is 0 Å². The van der Waals surface area contributed by atoms with Crippen LogP contribution in [0.5, 0.6) is 0 Å². The molecular weight excluding hydrogens is 408 g/mol. The van der Waals surface area contributed by atoms with E-state index in [4.69, 9.17) is 4.52 Å². The van der Waals surface area contributed by atoms with Gasteiger partial charge < -0.3 is 14.7 Å². The molecule has 0 aliphatic heterocycles. The molecule has 0 aliphatic carbocycles. The van der Waals surface area contributed by atoms with Crippen LogP contribution in [0.15, 0.2) is 46.3 Å². The van der Waals surface area contributed by atoms with Crippen LogP contribution in [0.1, 0.15) is 30.1 Å². The quantitative estimate of drug-likeness (QED) is 0.549. The molecule has 1 N–H and O–H groups in total. The van der Waals surface area contributed by atoms with E-state index in [1.165, 1.54) is 11.8 Å². The average Bonchev–Trinajstić information content (AvgIpc) is 3.41. The van der Waals surface area contributed by atoms with E-state index in [0.29, 0.717) is 41.8 Å². The highest BCUT2D eigenvalue weighted by Crippen LogP contribution is 2.22. The molecule has 0 atom stereocenters. The van der Waals surface area contributed by atoms with Gasteiger partial charge in [-0.15, -0.1) is 23.1 Å². The summed E-state index contributed by atoms with van der Waals surface area (Å²) in [6.45, 7) is 5.23. The first kappa shape index (κ1) is 21.1. The number of carbonyl (C=O) groups is 2. The molecule has 0 aliphatic rings. The van der Waals surface area contributed by atoms with E-state index in [-0.39, 0.29) is 17.6 Å². The van der Waals surface area contributed by atoms with Crippen molar-refractivity contribution in [3.63, 3.8) is 0 Å². The molecule has 7 nitrogen and oxygen atoms in total. The maximum Gasteiger partial charge on any atom is 0.253 e. The Kier molecular flexibility index (Phi) is 7.42. The fourth-order valence-electron chi connectivity index (χ4n) is 2.64. The molecule has 2 amide bonds. The minimum absolute atomic E-state index is 0.00935. The number of nitrogens with zero attached hydrogens (tertiary/aromatic N) is 3. The summed E-state index contributed by atoms with van der Waals surface area (Å²) in [6, 6.07) is 10.8. The largest absolute Gasteiger partial charge is 0.339 e. The molecule has 0 radical (unpaired) electrons. The number of thiophene rings is 1. The number of amides is 2. The van der Waals surface area contributed by atoms with Crippen molar-refractivity contribution in [2.75, 3.05) is 24.2 Å². The molecule has 9 heteroatoms. The molecule has 152 valence electrons. The van der Waals surface area contributed by atoms with Crippen LogP contribution in [0.4, 0.5) is 5.69 Å². The Morgan fingerprint density at radius 2 is 1.93 bits per heavy atom. The van der Waals surface area contributed by atoms with Gasteiger partial charge in [-0.1, -0.05) is 11.2 Å². The summed E-state index contributed by atoms with van der Waals surface area (Å²) < 4.78 is 5.22. The standard InChI is InChI=1S/C20H22N4O3S2/c1-3-24(4-2)20(26)14-7-9-15(10-8-14)21-17(25)12-28-13-18-22-19(23-27-18)16-6-5-11-29-16/h5-11H,3-4,12-13H2,1-2H3,(H,21,25). The summed E-state index contributed by atoms with van der Waals surface area (Å²) in [4.78, 5) is 31.5. The second-order valence-electron chi connectivity index (χ2n) is 6.08. The number of benzene rings is 1. The van der Waals surface area contributed by atoms with Gasteiger partial charge in [-0.3, -0.25) is 9.59 Å². The minimum Gasteiger partial charge on any atom is -0.339 e. The molecule has 3 rings (SSSR count). The Bertz CT molecular complexity index is 935. The van der Waals surface area contributed by atoms with E-state index < -0.39 is 0 Å². The fourth-order valence-corrected chi connectivity index (χ4v) is 3.94. The van der Waals surface area contributed by atoms with Crippen LogP contribution in [0, 0.1) is 0 Å². The van der Waals surface area contributed by atoms with Gasteiger partial charge in [0.2, 0.25) is 17.6 Å². The molecule has 2 heterocycles. The van der Waals surface area contributed by atoms with Crippen LogP contribution in [0.2, 0.25) is 0 Å². The lowest BCUT2D eigenvalue weighted by atomic mass is 10.2. The van der Waals surface area contributed by atoms with Crippen molar-refractivity contribution in [2.45, 2.75) is 19.6 Å². The van der Waals surface area contributed by atoms with Crippen LogP contribution >= 0.6 is 23.1 Å². The van der Waals surface area contributed by atoms with E-state index in [0.717, 1.165) is 4.88 Å². The zero-order valence-corrected chi connectivity index (χ0v) is 17.9. The smallest absolute Gasteiger partial charge is 0.253 e. The Morgan fingerprint density at radius 1 is 1.17 bits per heavy atom. The van der Waals surface area contributed by atoms with Gasteiger partial charge in [0.05, 0.1) is 16.4 Å². The Hall–Kier alpha value is -2.65. The first-order chi connectivity index (χ1) is 14.1. The highest BCUT2D eigenvalue weighted by molar-refractivity contribution is 7.99. The lowest BCUT2D eigenvalue weighted by Crippen LogP contribution is -2.30. The third-order valence-corrected chi connectivity index (χ3v) is 5.92. The van der Waals surface area contributed by atoms with Gasteiger partial charge in [0.15, 0.2) is 0 Å². The summed E-state index contributed by atoms with van der Waals surface area (Å²) in [5, 5.41) is 8.73. The molecule has 0 saturated carbocycles. The van der Waals surface area contributed by atoms with Gasteiger partial charge >= 0.3 is 0 Å². The van der Waals surface area contributed by atoms with Crippen LogP contribution in [0.25, 0.3) is 10.7 Å². The summed E-state index contributed by atoms with van der Waals surface area (Å²) in [5.74, 6) is 1.64. The van der Waals surface area contributed by atoms with Gasteiger partial charge in [0, 0.05) is 24.3 Å². The van der Waals surface area contributed by atoms with Gasteiger partial charge in [-0.2, -0.15) is 4.98 Å². The van der Waals surface area contributed by atoms with Crippen molar-refractivity contribution in [2.24, 2.45) is 0 Å². The molecule has 1 aromatic carbocycles. The number of aromatic nitrogens is 2. The Morgan fingerprint density at radius 3 is 2.59 bits per heavy atom. The minimum atomic E-state index is -0.129. The van der Waals surface area contributed by atoms with E-state index in [2.05, 4.69) is 15.5 Å². The molecule has 29 heavy (non-hydrogen) atoms. The maximum absolute atomic E-state index is 12.3. The highest BCUT2D eigenvalue weighted by Gasteiger charge is 2.13. The van der Waals surface area contributed by atoms with E-state index in [1.54, 1.807) is 40.5 Å². The summed E-state index contributed by atoms with van der Waals surface area (Å²) >= 11 is 2.94. The van der Waals surface area contributed by atoms with Crippen molar-refractivity contribution < 1.29 is 14.1 Å². The second kappa shape index (κ2) is 10.2. The molecule has 2 aromatic heterocycles. The fraction of sp³-hybridized carbons (Fsp3) is 0.300. The highest BCUT2D eigenvalue weighted by atomic mass is 32.2. The maximum atomic E-state index is 12.3. The Balaban J connectivity index is 1.45. The first-order valence-corrected chi connectivity index (χ1v) is 11.3. The number of thioether (sulfide) groups is 1. The third-order valence-electron chi connectivity index (χ3n) is 4.13. The molecule has 3 aromatic rings. The van der Waals surface area contributed by atoms with E-state index >= 15 is 0 Å². The van der Waals surface area contributed by atoms with Gasteiger partial charge in [0.1, 0.15) is 0 Å². The molecule has 0 unspecified atom stereocenters. The van der Waals surface area contributed by atoms with E-state index in [9.17, 15) is 9.59 Å². The molecule has 0 fully saturated rings. The Labute approximate surface area is 177 Å². The number of carbonyl (C=O) groups excluding carboxylic acids is 2. The zero-order chi connectivity index (χ0) is 20.6. The number of anilines is 1. The molecule has 0 saturated heterocycles. The second-order valence-corrected chi connectivity index (χ2v) is 8.02. The van der Waals surface area contributed by atoms with Crippen LogP contribution in [-0.4, -0.2) is 45.7 Å². The monoisotopic (exact) mass is 430 g/mol. The van der Waals surface area contributed by atoms with Crippen molar-refractivity contribution in [3.8, 4) is 10.7 Å². The first-order valence-electron chi connectivity index (χ1n) is 9.24. The van der Waals surface area contributed by atoms with Crippen molar-refractivity contribution >= 4 is 40.6 Å². The van der Waals surface area contributed by atoms with Crippen LogP contribution < -0.4 is 5.32 Å². The number of nitrogens with one attached hydrogen (secondary N) is 1. The summed E-state index contributed by atoms with van der Waals surface area (Å²) in [5.41, 5.74) is 1.27. The van der Waals surface area contributed by atoms with Crippen molar-refractivity contribution in [1.29, 1.82) is 0 Å². The molecular formula is C20H22N4O3S2. The zero-order valence-electron chi connectivity index (χ0n) is 16.3. The molecule has 0 spiro atoms. The number of hydrogen-bond donors (Lipinski definition) is 1. The average molecular weight is 431 g/mol. The topological polar surface area (TPSA) is 88.3 Å². The van der Waals surface area contributed by atoms with E-state index in [1.807, 2.05) is 31.4 Å². The van der Waals surface area contributed by atoms with Crippen LogP contribution in [-0.2, 0) is 10.5 Å². The van der Waals surface area contributed by atoms with Gasteiger partial charge in [0.25, 0.3) is 5.91 Å². The lowest BCUT2D eigenvalue weighted by molar-refractivity contribution is -0.113. The summed E-state index contributed by atoms with van der Waals surface area (Å²) in [7, 11) is 0. The van der Waals surface area contributed by atoms with Crippen molar-refractivity contribution in [3.05, 3.63) is 53.2 Å². The predicted octanol–water partition coefficient (Wildman–Crippen LogP) is 4.15. The van der Waals surface area contributed by atoms with Crippen molar-refractivity contribution in [1.82, 2.24) is 15.0 Å². The number of hydrogen-bond acceptors (Lipinski definition) is 7. The molecule has 0 bridgehead atoms. The number of rotatable bonds is 9. The predicted molar refractivity (Wildman–Crippen MR) is 116 cm³/mol. The normalized spacial score (nSPS) is 10.7. The summed E-state index contributed by atoms with van der Waals surface area (Å²) in [6.07, 6.45) is 0. The van der Waals surface area contributed by atoms with Gasteiger partial charge in [-0.25, -0.2) is 0 Å².